The smallest absolute Gasteiger partial charge is 0.243 e. The highest BCUT2D eigenvalue weighted by atomic mass is 16.2. The van der Waals surface area contributed by atoms with Crippen molar-refractivity contribution in [3.05, 3.63) is 30.1 Å². The molecule has 0 aromatic carbocycles. The molecule has 3 rings (SSSR count). The number of aromatic nitrogens is 5. The normalized spacial score (nSPS) is 19.6. The number of rotatable bonds is 5. The van der Waals surface area contributed by atoms with Gasteiger partial charge in [0.25, 0.3) is 0 Å². The van der Waals surface area contributed by atoms with Crippen LogP contribution in [0.25, 0.3) is 0 Å². The molecule has 134 valence electrons. The second kappa shape index (κ2) is 7.69. The van der Waals surface area contributed by atoms with Crippen LogP contribution >= 0.6 is 0 Å². The number of carbonyl (C=O) groups is 1. The molecular weight excluding hydrogens is 318 g/mol. The number of amides is 1. The Morgan fingerprint density at radius 3 is 2.80 bits per heavy atom. The van der Waals surface area contributed by atoms with E-state index in [-0.39, 0.29) is 11.9 Å². The first-order chi connectivity index (χ1) is 12.0. The van der Waals surface area contributed by atoms with E-state index in [4.69, 9.17) is 0 Å². The SMILES string of the molecule is Cc1nc(C)n(C[C@H]2CCCN([C@H](C)C(=O)Nc3ncccn3)C2)n1. The first-order valence-electron chi connectivity index (χ1n) is 8.73. The Morgan fingerprint density at radius 1 is 1.36 bits per heavy atom. The molecule has 1 saturated heterocycles. The highest BCUT2D eigenvalue weighted by Gasteiger charge is 2.28. The van der Waals surface area contributed by atoms with Crippen LogP contribution in [0.1, 0.15) is 31.4 Å². The molecule has 2 aromatic heterocycles. The van der Waals surface area contributed by atoms with Gasteiger partial charge in [0.05, 0.1) is 6.04 Å². The Bertz CT molecular complexity index is 715. The molecule has 3 heterocycles. The lowest BCUT2D eigenvalue weighted by Crippen LogP contribution is -2.47. The Balaban J connectivity index is 1.58. The number of piperidine rings is 1. The van der Waals surface area contributed by atoms with Gasteiger partial charge in [-0.25, -0.2) is 19.6 Å². The van der Waals surface area contributed by atoms with Crippen molar-refractivity contribution in [2.75, 3.05) is 18.4 Å². The quantitative estimate of drug-likeness (QED) is 0.883. The largest absolute Gasteiger partial charge is 0.293 e. The molecule has 8 nitrogen and oxygen atoms in total. The van der Waals surface area contributed by atoms with E-state index in [0.717, 1.165) is 44.1 Å². The molecule has 0 aliphatic carbocycles. The van der Waals surface area contributed by atoms with Gasteiger partial charge in [0.1, 0.15) is 11.6 Å². The van der Waals surface area contributed by atoms with Gasteiger partial charge >= 0.3 is 0 Å². The summed E-state index contributed by atoms with van der Waals surface area (Å²) in [6.07, 6.45) is 5.46. The van der Waals surface area contributed by atoms with E-state index >= 15 is 0 Å². The molecule has 0 radical (unpaired) electrons. The van der Waals surface area contributed by atoms with Crippen molar-refractivity contribution in [3.63, 3.8) is 0 Å². The molecule has 2 atom stereocenters. The van der Waals surface area contributed by atoms with Gasteiger partial charge in [-0.05, 0) is 52.1 Å². The van der Waals surface area contributed by atoms with Crippen molar-refractivity contribution in [3.8, 4) is 0 Å². The topological polar surface area (TPSA) is 88.8 Å². The Morgan fingerprint density at radius 2 is 2.12 bits per heavy atom. The van der Waals surface area contributed by atoms with E-state index in [0.29, 0.717) is 11.9 Å². The van der Waals surface area contributed by atoms with Gasteiger partial charge < -0.3 is 0 Å². The zero-order valence-corrected chi connectivity index (χ0v) is 15.0. The molecule has 1 fully saturated rings. The van der Waals surface area contributed by atoms with E-state index in [1.54, 1.807) is 18.5 Å². The van der Waals surface area contributed by atoms with Crippen LogP contribution in [-0.4, -0.2) is 54.7 Å². The summed E-state index contributed by atoms with van der Waals surface area (Å²) in [4.78, 5) is 27.2. The number of nitrogens with one attached hydrogen (secondary N) is 1. The van der Waals surface area contributed by atoms with E-state index in [1.807, 2.05) is 25.5 Å². The molecule has 1 aliphatic heterocycles. The molecule has 1 N–H and O–H groups in total. The van der Waals surface area contributed by atoms with Crippen molar-refractivity contribution >= 4 is 11.9 Å². The number of nitrogens with zero attached hydrogens (tertiary/aromatic N) is 6. The van der Waals surface area contributed by atoms with Crippen LogP contribution in [0.4, 0.5) is 5.95 Å². The molecule has 0 unspecified atom stereocenters. The van der Waals surface area contributed by atoms with Crippen LogP contribution in [0.2, 0.25) is 0 Å². The summed E-state index contributed by atoms with van der Waals surface area (Å²) in [5.41, 5.74) is 0. The number of carbonyl (C=O) groups excluding carboxylic acids is 1. The fraction of sp³-hybridized carbons (Fsp3) is 0.588. The van der Waals surface area contributed by atoms with Crippen LogP contribution in [0.5, 0.6) is 0 Å². The van der Waals surface area contributed by atoms with Gasteiger partial charge in [0.15, 0.2) is 0 Å². The number of hydrogen-bond acceptors (Lipinski definition) is 6. The second-order valence-corrected chi connectivity index (χ2v) is 6.63. The maximum Gasteiger partial charge on any atom is 0.243 e. The molecule has 8 heteroatoms. The fourth-order valence-corrected chi connectivity index (χ4v) is 3.32. The van der Waals surface area contributed by atoms with Gasteiger partial charge in [-0.3, -0.25) is 15.0 Å². The summed E-state index contributed by atoms with van der Waals surface area (Å²) in [5, 5.41) is 7.24. The summed E-state index contributed by atoms with van der Waals surface area (Å²) in [6.45, 7) is 8.48. The van der Waals surface area contributed by atoms with E-state index in [9.17, 15) is 4.79 Å². The van der Waals surface area contributed by atoms with Crippen molar-refractivity contribution in [1.82, 2.24) is 29.6 Å². The van der Waals surface area contributed by atoms with Crippen LogP contribution in [0, 0.1) is 19.8 Å². The van der Waals surface area contributed by atoms with Crippen LogP contribution in [-0.2, 0) is 11.3 Å². The zero-order chi connectivity index (χ0) is 17.8. The van der Waals surface area contributed by atoms with E-state index < -0.39 is 0 Å². The Labute approximate surface area is 147 Å². The minimum atomic E-state index is -0.217. The van der Waals surface area contributed by atoms with Crippen molar-refractivity contribution in [2.24, 2.45) is 5.92 Å². The molecule has 1 aliphatic rings. The van der Waals surface area contributed by atoms with Crippen molar-refractivity contribution < 1.29 is 4.79 Å². The summed E-state index contributed by atoms with van der Waals surface area (Å²) in [5.74, 6) is 2.50. The zero-order valence-electron chi connectivity index (χ0n) is 15.0. The lowest BCUT2D eigenvalue weighted by atomic mass is 9.96. The standard InChI is InChI=1S/C17H25N7O/c1-12(16(25)21-17-18-7-5-8-19-17)23-9-4-6-15(10-23)11-24-14(3)20-13(2)22-24/h5,7-8,12,15H,4,6,9-11H2,1-3H3,(H,18,19,21,25)/t12-,15+/m1/s1. The van der Waals surface area contributed by atoms with E-state index in [2.05, 4.69) is 30.3 Å². The van der Waals surface area contributed by atoms with Crippen LogP contribution < -0.4 is 5.32 Å². The van der Waals surface area contributed by atoms with Crippen molar-refractivity contribution in [1.29, 1.82) is 0 Å². The highest BCUT2D eigenvalue weighted by Crippen LogP contribution is 2.21. The summed E-state index contributed by atoms with van der Waals surface area (Å²) in [7, 11) is 0. The fourth-order valence-electron chi connectivity index (χ4n) is 3.32. The van der Waals surface area contributed by atoms with Crippen LogP contribution in [0.15, 0.2) is 18.5 Å². The van der Waals surface area contributed by atoms with Gasteiger partial charge in [-0.15, -0.1) is 0 Å². The lowest BCUT2D eigenvalue weighted by molar-refractivity contribution is -0.121. The summed E-state index contributed by atoms with van der Waals surface area (Å²) in [6, 6.07) is 1.51. The molecule has 0 bridgehead atoms. The average molecular weight is 343 g/mol. The third kappa shape index (κ3) is 4.39. The van der Waals surface area contributed by atoms with Gasteiger partial charge in [0, 0.05) is 25.5 Å². The highest BCUT2D eigenvalue weighted by molar-refractivity contribution is 5.93. The monoisotopic (exact) mass is 343 g/mol. The van der Waals surface area contributed by atoms with Gasteiger partial charge in [-0.2, -0.15) is 5.10 Å². The number of likely N-dealkylation sites (tertiary alicyclic amines) is 1. The first kappa shape index (κ1) is 17.5. The lowest BCUT2D eigenvalue weighted by Gasteiger charge is -2.36. The average Bonchev–Trinajstić information content (AvgIpc) is 2.92. The minimum Gasteiger partial charge on any atom is -0.293 e. The predicted octanol–water partition coefficient (Wildman–Crippen LogP) is 1.42. The number of aryl methyl sites for hydroxylation is 2. The molecule has 2 aromatic rings. The first-order valence-corrected chi connectivity index (χ1v) is 8.73. The molecule has 0 saturated carbocycles. The maximum atomic E-state index is 12.5. The molecule has 25 heavy (non-hydrogen) atoms. The molecule has 1 amide bonds. The number of hydrogen-bond donors (Lipinski definition) is 1. The Kier molecular flexibility index (Phi) is 5.37. The minimum absolute atomic E-state index is 0.0698. The maximum absolute atomic E-state index is 12.5. The summed E-state index contributed by atoms with van der Waals surface area (Å²) < 4.78 is 1.98. The number of anilines is 1. The summed E-state index contributed by atoms with van der Waals surface area (Å²) >= 11 is 0. The van der Waals surface area contributed by atoms with Gasteiger partial charge in [0.2, 0.25) is 11.9 Å². The molecule has 0 spiro atoms. The Hall–Kier alpha value is -2.35. The van der Waals surface area contributed by atoms with Crippen LogP contribution in [0.3, 0.4) is 0 Å². The second-order valence-electron chi connectivity index (χ2n) is 6.63. The predicted molar refractivity (Wildman–Crippen MR) is 93.9 cm³/mol. The van der Waals surface area contributed by atoms with Gasteiger partial charge in [-0.1, -0.05) is 0 Å². The van der Waals surface area contributed by atoms with E-state index in [1.165, 1.54) is 0 Å². The molecular formula is C17H25N7O. The third-order valence-corrected chi connectivity index (χ3v) is 4.67. The third-order valence-electron chi connectivity index (χ3n) is 4.67. The van der Waals surface area contributed by atoms with Crippen molar-refractivity contribution in [2.45, 2.75) is 46.2 Å².